The lowest BCUT2D eigenvalue weighted by molar-refractivity contribution is -0.384. The molecule has 84 valence electrons. The zero-order chi connectivity index (χ0) is 11.9. The van der Waals surface area contributed by atoms with E-state index in [9.17, 15) is 14.9 Å². The van der Waals surface area contributed by atoms with Gasteiger partial charge in [0.25, 0.3) is 5.69 Å². The van der Waals surface area contributed by atoms with Gasteiger partial charge in [-0.2, -0.15) is 0 Å². The average Bonchev–Trinajstić information content (AvgIpc) is 2.26. The van der Waals surface area contributed by atoms with E-state index in [1.807, 2.05) is 0 Å². The van der Waals surface area contributed by atoms with E-state index >= 15 is 0 Å². The summed E-state index contributed by atoms with van der Waals surface area (Å²) in [6, 6.07) is 3.78. The SMILES string of the molecule is NC1CN(c2cc([N+](=O)[O-])ccc2Br)C1=O. The van der Waals surface area contributed by atoms with E-state index in [1.54, 1.807) is 6.07 Å². The summed E-state index contributed by atoms with van der Waals surface area (Å²) < 4.78 is 0.637. The zero-order valence-corrected chi connectivity index (χ0v) is 9.68. The smallest absolute Gasteiger partial charge is 0.271 e. The third kappa shape index (κ3) is 1.68. The highest BCUT2D eigenvalue weighted by Gasteiger charge is 2.36. The summed E-state index contributed by atoms with van der Waals surface area (Å²) in [4.78, 5) is 22.9. The maximum atomic E-state index is 11.4. The second-order valence-electron chi connectivity index (χ2n) is 3.45. The van der Waals surface area contributed by atoms with Crippen LogP contribution in [0.3, 0.4) is 0 Å². The van der Waals surface area contributed by atoms with E-state index in [-0.39, 0.29) is 11.6 Å². The Morgan fingerprint density at radius 2 is 2.25 bits per heavy atom. The Balaban J connectivity index is 2.37. The number of nitrogens with zero attached hydrogens (tertiary/aromatic N) is 2. The van der Waals surface area contributed by atoms with Gasteiger partial charge in [-0.1, -0.05) is 0 Å². The molecule has 0 bridgehead atoms. The minimum absolute atomic E-state index is 0.0496. The van der Waals surface area contributed by atoms with Gasteiger partial charge < -0.3 is 10.6 Å². The molecule has 1 aromatic carbocycles. The summed E-state index contributed by atoms with van der Waals surface area (Å²) in [5.41, 5.74) is 5.89. The Kier molecular flexibility index (Phi) is 2.64. The van der Waals surface area contributed by atoms with E-state index in [2.05, 4.69) is 15.9 Å². The Hall–Kier alpha value is -1.47. The molecule has 1 saturated heterocycles. The molecule has 2 rings (SSSR count). The van der Waals surface area contributed by atoms with Crippen LogP contribution in [0.4, 0.5) is 11.4 Å². The Labute approximate surface area is 99.3 Å². The largest absolute Gasteiger partial charge is 0.318 e. The van der Waals surface area contributed by atoms with Crippen LogP contribution < -0.4 is 10.6 Å². The third-order valence-electron chi connectivity index (χ3n) is 2.39. The molecule has 0 radical (unpaired) electrons. The van der Waals surface area contributed by atoms with Crippen LogP contribution in [-0.4, -0.2) is 23.4 Å². The molecule has 6 nitrogen and oxygen atoms in total. The summed E-state index contributed by atoms with van der Waals surface area (Å²) >= 11 is 3.24. The summed E-state index contributed by atoms with van der Waals surface area (Å²) in [6.07, 6.45) is 0. The fourth-order valence-electron chi connectivity index (χ4n) is 1.49. The van der Waals surface area contributed by atoms with Gasteiger partial charge in [0.1, 0.15) is 6.04 Å². The van der Waals surface area contributed by atoms with Crippen molar-refractivity contribution in [2.75, 3.05) is 11.4 Å². The number of anilines is 1. The second-order valence-corrected chi connectivity index (χ2v) is 4.30. The van der Waals surface area contributed by atoms with Crippen molar-refractivity contribution in [2.24, 2.45) is 5.73 Å². The molecule has 7 heteroatoms. The first-order valence-electron chi connectivity index (χ1n) is 4.51. The fourth-order valence-corrected chi connectivity index (χ4v) is 1.95. The van der Waals surface area contributed by atoms with E-state index in [1.165, 1.54) is 17.0 Å². The van der Waals surface area contributed by atoms with Gasteiger partial charge >= 0.3 is 0 Å². The van der Waals surface area contributed by atoms with Crippen molar-refractivity contribution < 1.29 is 9.72 Å². The van der Waals surface area contributed by atoms with Crippen LogP contribution in [0, 0.1) is 10.1 Å². The summed E-state index contributed by atoms with van der Waals surface area (Å²) in [5.74, 6) is -0.221. The van der Waals surface area contributed by atoms with Crippen molar-refractivity contribution >= 4 is 33.2 Å². The van der Waals surface area contributed by atoms with Gasteiger partial charge in [-0.25, -0.2) is 0 Å². The third-order valence-corrected chi connectivity index (χ3v) is 3.06. The molecule has 1 fully saturated rings. The van der Waals surface area contributed by atoms with Crippen LogP contribution >= 0.6 is 15.9 Å². The molecule has 16 heavy (non-hydrogen) atoms. The lowest BCUT2D eigenvalue weighted by Crippen LogP contribution is -2.61. The molecule has 1 aliphatic heterocycles. The standard InChI is InChI=1S/C9H8BrN3O3/c10-6-2-1-5(13(15)16)3-8(6)12-4-7(11)9(12)14/h1-3,7H,4,11H2. The van der Waals surface area contributed by atoms with Crippen LogP contribution in [0.5, 0.6) is 0 Å². The van der Waals surface area contributed by atoms with Crippen molar-refractivity contribution in [3.05, 3.63) is 32.8 Å². The molecule has 0 spiro atoms. The van der Waals surface area contributed by atoms with Gasteiger partial charge in [-0.3, -0.25) is 14.9 Å². The molecule has 1 unspecified atom stereocenters. The van der Waals surface area contributed by atoms with Gasteiger partial charge in [0.15, 0.2) is 0 Å². The molecular formula is C9H8BrN3O3. The van der Waals surface area contributed by atoms with Crippen LogP contribution in [0.2, 0.25) is 0 Å². The molecule has 0 aliphatic carbocycles. The molecule has 1 atom stereocenters. The molecular weight excluding hydrogens is 278 g/mol. The number of hydrogen-bond acceptors (Lipinski definition) is 4. The highest BCUT2D eigenvalue weighted by atomic mass is 79.9. The molecule has 1 aliphatic rings. The van der Waals surface area contributed by atoms with Crippen molar-refractivity contribution in [1.82, 2.24) is 0 Å². The van der Waals surface area contributed by atoms with Crippen molar-refractivity contribution in [3.8, 4) is 0 Å². The highest BCUT2D eigenvalue weighted by Crippen LogP contribution is 2.33. The van der Waals surface area contributed by atoms with Gasteiger partial charge in [-0.05, 0) is 22.0 Å². The number of β-lactam (4-membered cyclic amide) rings is 1. The van der Waals surface area contributed by atoms with Gasteiger partial charge in [0.05, 0.1) is 17.2 Å². The van der Waals surface area contributed by atoms with Gasteiger partial charge in [0.2, 0.25) is 5.91 Å². The molecule has 1 heterocycles. The topological polar surface area (TPSA) is 89.5 Å². The van der Waals surface area contributed by atoms with Crippen molar-refractivity contribution in [2.45, 2.75) is 6.04 Å². The Morgan fingerprint density at radius 1 is 1.56 bits per heavy atom. The van der Waals surface area contributed by atoms with Crippen LogP contribution in [0.15, 0.2) is 22.7 Å². The number of amides is 1. The number of carbonyl (C=O) groups is 1. The number of benzene rings is 1. The fraction of sp³-hybridized carbons (Fsp3) is 0.222. The lowest BCUT2D eigenvalue weighted by atomic mass is 10.1. The number of non-ortho nitro benzene ring substituents is 1. The first-order chi connectivity index (χ1) is 7.50. The van der Waals surface area contributed by atoms with Crippen molar-refractivity contribution in [1.29, 1.82) is 0 Å². The molecule has 1 aromatic rings. The summed E-state index contributed by atoms with van der Waals surface area (Å²) in [5, 5.41) is 10.6. The van der Waals surface area contributed by atoms with E-state index in [0.717, 1.165) is 0 Å². The Morgan fingerprint density at radius 3 is 2.75 bits per heavy atom. The number of nitro benzene ring substituents is 1. The predicted molar refractivity (Wildman–Crippen MR) is 61.1 cm³/mol. The number of hydrogen-bond donors (Lipinski definition) is 1. The Bertz CT molecular complexity index is 477. The zero-order valence-electron chi connectivity index (χ0n) is 8.09. The predicted octanol–water partition coefficient (Wildman–Crippen LogP) is 1.03. The monoisotopic (exact) mass is 285 g/mol. The van der Waals surface area contributed by atoms with Crippen molar-refractivity contribution in [3.63, 3.8) is 0 Å². The maximum absolute atomic E-state index is 11.4. The first kappa shape index (κ1) is 11.0. The minimum atomic E-state index is -0.500. The molecule has 0 saturated carbocycles. The minimum Gasteiger partial charge on any atom is -0.318 e. The summed E-state index contributed by atoms with van der Waals surface area (Å²) in [6.45, 7) is 0.388. The van der Waals surface area contributed by atoms with E-state index in [0.29, 0.717) is 16.7 Å². The number of nitro groups is 1. The average molecular weight is 286 g/mol. The number of rotatable bonds is 2. The number of nitrogens with two attached hydrogens (primary N) is 1. The highest BCUT2D eigenvalue weighted by molar-refractivity contribution is 9.10. The van der Waals surface area contributed by atoms with Crippen LogP contribution in [-0.2, 0) is 4.79 Å². The number of carbonyl (C=O) groups excluding carboxylic acids is 1. The molecule has 0 aromatic heterocycles. The first-order valence-corrected chi connectivity index (χ1v) is 5.31. The van der Waals surface area contributed by atoms with Gasteiger partial charge in [-0.15, -0.1) is 0 Å². The van der Waals surface area contributed by atoms with Crippen LogP contribution in [0.25, 0.3) is 0 Å². The second kappa shape index (κ2) is 3.84. The van der Waals surface area contributed by atoms with E-state index < -0.39 is 11.0 Å². The van der Waals surface area contributed by atoms with Crippen LogP contribution in [0.1, 0.15) is 0 Å². The number of halogens is 1. The molecule has 2 N–H and O–H groups in total. The quantitative estimate of drug-likeness (QED) is 0.499. The molecule has 1 amide bonds. The van der Waals surface area contributed by atoms with Gasteiger partial charge in [0, 0.05) is 16.6 Å². The van der Waals surface area contributed by atoms with E-state index in [4.69, 9.17) is 5.73 Å². The summed E-state index contributed by atoms with van der Waals surface area (Å²) in [7, 11) is 0. The normalized spacial score (nSPS) is 19.5. The lowest BCUT2D eigenvalue weighted by Gasteiger charge is -2.36. The maximum Gasteiger partial charge on any atom is 0.271 e.